The van der Waals surface area contributed by atoms with Crippen molar-refractivity contribution in [3.8, 4) is 11.5 Å². The molecule has 0 bridgehead atoms. The lowest BCUT2D eigenvalue weighted by Crippen LogP contribution is -2.36. The van der Waals surface area contributed by atoms with Crippen molar-refractivity contribution in [1.29, 1.82) is 0 Å². The van der Waals surface area contributed by atoms with Crippen LogP contribution in [0.3, 0.4) is 0 Å². The second-order valence-electron chi connectivity index (χ2n) is 7.64. The van der Waals surface area contributed by atoms with Gasteiger partial charge in [-0.2, -0.15) is 4.39 Å². The number of carbonyl (C=O) groups excluding carboxylic acids is 1. The summed E-state index contributed by atoms with van der Waals surface area (Å²) >= 11 is 0. The molecule has 190 valence electrons. The van der Waals surface area contributed by atoms with E-state index in [-0.39, 0.29) is 23.5 Å². The van der Waals surface area contributed by atoms with Gasteiger partial charge in [-0.1, -0.05) is 24.8 Å². The molecule has 2 aliphatic heterocycles. The summed E-state index contributed by atoms with van der Waals surface area (Å²) in [5, 5.41) is 0. The van der Waals surface area contributed by atoms with E-state index in [1.807, 2.05) is 0 Å². The van der Waals surface area contributed by atoms with Crippen LogP contribution in [-0.2, 0) is 24.5 Å². The normalized spacial score (nSPS) is 18.6. The summed E-state index contributed by atoms with van der Waals surface area (Å²) in [5.74, 6) is -7.93. The second kappa shape index (κ2) is 10.1. The Hall–Kier alpha value is -3.67. The van der Waals surface area contributed by atoms with Gasteiger partial charge in [0.2, 0.25) is 5.82 Å². The predicted octanol–water partition coefficient (Wildman–Crippen LogP) is 4.97. The van der Waals surface area contributed by atoms with Crippen LogP contribution in [0.15, 0.2) is 66.0 Å². The van der Waals surface area contributed by atoms with Gasteiger partial charge in [0.15, 0.2) is 41.3 Å². The Morgan fingerprint density at radius 3 is 2.53 bits per heavy atom. The summed E-state index contributed by atoms with van der Waals surface area (Å²) in [6, 6.07) is 6.73. The van der Waals surface area contributed by atoms with E-state index < -0.39 is 71.1 Å². The topological polar surface area (TPSA) is 72.5 Å². The lowest BCUT2D eigenvalue weighted by molar-refractivity contribution is -0.0254. The van der Waals surface area contributed by atoms with Crippen LogP contribution in [0.25, 0.3) is 0 Å². The van der Waals surface area contributed by atoms with Gasteiger partial charge in [0, 0.05) is 19.8 Å². The molecular formula is C25H20F4O7. The fraction of sp³-hybridized carbons (Fsp3) is 0.240. The molecule has 1 unspecified atom stereocenters. The maximum Gasteiger partial charge on any atom is 0.340 e. The number of hydrogen-bond donors (Lipinski definition) is 0. The Labute approximate surface area is 203 Å². The minimum absolute atomic E-state index is 0.0247. The number of rotatable bonds is 9. The van der Waals surface area contributed by atoms with E-state index in [2.05, 4.69) is 6.58 Å². The number of carbonyl (C=O) groups is 1. The highest BCUT2D eigenvalue weighted by Gasteiger charge is 2.56. The Bertz CT molecular complexity index is 1290. The standard InChI is InChI=1S/C25H20F4O7/c1-13(26)21-17(8-14(27)10-33-11-31-2)25(16-7-5-4-6-15(16)24(30)36-25)18-9-19(28)23(34-12-32-3)20(29)22(18)35-21/h4-9H,1,10-12H2,2-3H3/b14-8+. The first-order valence-electron chi connectivity index (χ1n) is 10.4. The second-order valence-corrected chi connectivity index (χ2v) is 7.64. The summed E-state index contributed by atoms with van der Waals surface area (Å²) < 4.78 is 90.7. The molecule has 2 heterocycles. The molecule has 1 atom stereocenters. The maximum absolute atomic E-state index is 15.5. The molecular weight excluding hydrogens is 488 g/mol. The first-order chi connectivity index (χ1) is 17.3. The zero-order chi connectivity index (χ0) is 26.0. The van der Waals surface area contributed by atoms with Crippen molar-refractivity contribution in [2.24, 2.45) is 0 Å². The molecule has 36 heavy (non-hydrogen) atoms. The molecule has 0 fully saturated rings. The van der Waals surface area contributed by atoms with E-state index in [0.29, 0.717) is 0 Å². The third-order valence-corrected chi connectivity index (χ3v) is 5.42. The van der Waals surface area contributed by atoms with Crippen LogP contribution >= 0.6 is 0 Å². The molecule has 4 rings (SSSR count). The smallest absolute Gasteiger partial charge is 0.340 e. The van der Waals surface area contributed by atoms with Crippen LogP contribution in [0, 0.1) is 11.6 Å². The zero-order valence-corrected chi connectivity index (χ0v) is 19.2. The van der Waals surface area contributed by atoms with Gasteiger partial charge in [0.25, 0.3) is 0 Å². The Balaban J connectivity index is 2.03. The van der Waals surface area contributed by atoms with Crippen LogP contribution < -0.4 is 9.47 Å². The van der Waals surface area contributed by atoms with Crippen LogP contribution in [0.2, 0.25) is 0 Å². The SMILES string of the molecule is C=C(F)C1=C(/C=C(/F)COCOC)C2(OC(=O)c3ccccc32)c2cc(F)c(OCOC)c(F)c2O1. The fourth-order valence-electron chi connectivity index (χ4n) is 4.06. The summed E-state index contributed by atoms with van der Waals surface area (Å²) in [7, 11) is 2.57. The number of benzene rings is 2. The predicted molar refractivity (Wildman–Crippen MR) is 116 cm³/mol. The quantitative estimate of drug-likeness (QED) is 0.205. The van der Waals surface area contributed by atoms with Crippen molar-refractivity contribution in [2.45, 2.75) is 5.60 Å². The molecule has 7 nitrogen and oxygen atoms in total. The zero-order valence-electron chi connectivity index (χ0n) is 19.2. The molecule has 2 aliphatic rings. The van der Waals surface area contributed by atoms with E-state index >= 15 is 8.78 Å². The number of hydrogen-bond acceptors (Lipinski definition) is 7. The highest BCUT2D eigenvalue weighted by molar-refractivity contribution is 5.97. The average molecular weight is 508 g/mol. The lowest BCUT2D eigenvalue weighted by Gasteiger charge is -2.37. The van der Waals surface area contributed by atoms with E-state index in [1.54, 1.807) is 0 Å². The van der Waals surface area contributed by atoms with Crippen molar-refractivity contribution >= 4 is 5.97 Å². The molecule has 2 aromatic rings. The lowest BCUT2D eigenvalue weighted by atomic mass is 9.76. The highest BCUT2D eigenvalue weighted by Crippen LogP contribution is 2.56. The largest absolute Gasteiger partial charge is 0.461 e. The molecule has 1 spiro atoms. The first-order valence-corrected chi connectivity index (χ1v) is 10.4. The number of methoxy groups -OCH3 is 2. The molecule has 0 N–H and O–H groups in total. The molecule has 0 saturated carbocycles. The first kappa shape index (κ1) is 25.4. The molecule has 0 saturated heterocycles. The van der Waals surface area contributed by atoms with Gasteiger partial charge in [-0.25, -0.2) is 18.0 Å². The average Bonchev–Trinajstić information content (AvgIpc) is 3.14. The minimum Gasteiger partial charge on any atom is -0.461 e. The molecule has 0 aromatic heterocycles. The molecule has 0 amide bonds. The van der Waals surface area contributed by atoms with Gasteiger partial charge >= 0.3 is 5.97 Å². The van der Waals surface area contributed by atoms with Gasteiger partial charge in [-0.15, -0.1) is 0 Å². The number of fused-ring (bicyclic) bond motifs is 4. The fourth-order valence-corrected chi connectivity index (χ4v) is 4.06. The van der Waals surface area contributed by atoms with Crippen LogP contribution in [0.1, 0.15) is 21.5 Å². The van der Waals surface area contributed by atoms with Crippen molar-refractivity contribution in [1.82, 2.24) is 0 Å². The number of ether oxygens (including phenoxy) is 6. The molecule has 0 aliphatic carbocycles. The van der Waals surface area contributed by atoms with Crippen molar-refractivity contribution in [2.75, 3.05) is 34.4 Å². The van der Waals surface area contributed by atoms with Crippen molar-refractivity contribution in [3.63, 3.8) is 0 Å². The maximum atomic E-state index is 15.5. The van der Waals surface area contributed by atoms with E-state index in [9.17, 15) is 13.6 Å². The molecule has 11 heteroatoms. The van der Waals surface area contributed by atoms with Crippen molar-refractivity contribution in [3.05, 3.63) is 94.3 Å². The Kier molecular flexibility index (Phi) is 7.16. The van der Waals surface area contributed by atoms with Gasteiger partial charge in [0.1, 0.15) is 19.2 Å². The molecule has 0 radical (unpaired) electrons. The summed E-state index contributed by atoms with van der Waals surface area (Å²) in [4.78, 5) is 12.9. The Morgan fingerprint density at radius 2 is 1.83 bits per heavy atom. The highest BCUT2D eigenvalue weighted by atomic mass is 19.1. The molecule has 2 aromatic carbocycles. The van der Waals surface area contributed by atoms with Crippen LogP contribution in [0.4, 0.5) is 17.6 Å². The monoisotopic (exact) mass is 508 g/mol. The van der Waals surface area contributed by atoms with Gasteiger partial charge < -0.3 is 28.4 Å². The minimum atomic E-state index is -2.19. The summed E-state index contributed by atoms with van der Waals surface area (Å²) in [6.45, 7) is 1.84. The number of esters is 1. The third kappa shape index (κ3) is 4.15. The third-order valence-electron chi connectivity index (χ3n) is 5.42. The van der Waals surface area contributed by atoms with E-state index in [0.717, 1.165) is 12.1 Å². The summed E-state index contributed by atoms with van der Waals surface area (Å²) in [6.07, 6.45) is 0.805. The van der Waals surface area contributed by atoms with E-state index in [1.165, 1.54) is 38.5 Å². The van der Waals surface area contributed by atoms with Gasteiger partial charge in [-0.05, 0) is 18.2 Å². The van der Waals surface area contributed by atoms with E-state index in [4.69, 9.17) is 28.4 Å². The Morgan fingerprint density at radius 1 is 1.11 bits per heavy atom. The van der Waals surface area contributed by atoms with Crippen LogP contribution in [0.5, 0.6) is 11.5 Å². The summed E-state index contributed by atoms with van der Waals surface area (Å²) in [5.41, 5.74) is -2.84. The van der Waals surface area contributed by atoms with Gasteiger partial charge in [-0.3, -0.25) is 0 Å². The van der Waals surface area contributed by atoms with Crippen LogP contribution in [-0.4, -0.2) is 40.4 Å². The number of halogens is 4. The van der Waals surface area contributed by atoms with Gasteiger partial charge in [0.05, 0.1) is 16.7 Å². The van der Waals surface area contributed by atoms with Crippen molar-refractivity contribution < 1.29 is 50.8 Å². The number of allylic oxidation sites excluding steroid dienone is 1.